The first-order valence-corrected chi connectivity index (χ1v) is 5.37. The third-order valence-corrected chi connectivity index (χ3v) is 2.27. The van der Waals surface area contributed by atoms with E-state index < -0.39 is 5.91 Å². The third kappa shape index (κ3) is 4.92. The van der Waals surface area contributed by atoms with E-state index >= 15 is 0 Å². The molecule has 0 aliphatic heterocycles. The molecule has 0 fully saturated rings. The van der Waals surface area contributed by atoms with Gasteiger partial charge in [0.15, 0.2) is 0 Å². The molecule has 0 atom stereocenters. The summed E-state index contributed by atoms with van der Waals surface area (Å²) in [4.78, 5) is 11.6. The van der Waals surface area contributed by atoms with Crippen LogP contribution in [-0.4, -0.2) is 17.6 Å². The standard InChI is InChI=1S/C14H12N2O2.H2O.Zn/c17-13-9-5-4-8-12(13)14(18)16-15-10-11-6-2-1-3-7-11;;/h1-10H,(H2,16,17,18);1H2;/q;;+2/p-2/b15-10+;;. The Morgan fingerprint density at radius 1 is 1.05 bits per heavy atom. The van der Waals surface area contributed by atoms with Crippen molar-refractivity contribution in [2.24, 2.45) is 5.10 Å². The summed E-state index contributed by atoms with van der Waals surface area (Å²) < 4.78 is 0. The Labute approximate surface area is 129 Å². The zero-order valence-electron chi connectivity index (χ0n) is 10.7. The summed E-state index contributed by atoms with van der Waals surface area (Å²) in [6.45, 7) is 0. The minimum Gasteiger partial charge on any atom is -0.872 e. The predicted molar refractivity (Wildman–Crippen MR) is 71.2 cm³/mol. The number of carbonyl (C=O) groups is 1. The van der Waals surface area contributed by atoms with E-state index in [0.717, 1.165) is 5.56 Å². The van der Waals surface area contributed by atoms with Gasteiger partial charge in [-0.15, -0.1) is 0 Å². The molecular formula is C14H12N2O3Zn. The van der Waals surface area contributed by atoms with Crippen molar-refractivity contribution in [2.75, 3.05) is 0 Å². The monoisotopic (exact) mass is 320 g/mol. The second-order valence-electron chi connectivity index (χ2n) is 3.56. The van der Waals surface area contributed by atoms with E-state index in [0.29, 0.717) is 0 Å². The summed E-state index contributed by atoms with van der Waals surface area (Å²) in [6, 6.07) is 15.2. The first-order chi connectivity index (χ1) is 8.77. The van der Waals surface area contributed by atoms with E-state index in [1.54, 1.807) is 12.1 Å². The van der Waals surface area contributed by atoms with Gasteiger partial charge in [-0.3, -0.25) is 0 Å². The molecule has 0 heterocycles. The summed E-state index contributed by atoms with van der Waals surface area (Å²) in [5, 5.41) is 15.0. The number of nitrogens with zero attached hydrogens (tertiary/aromatic N) is 2. The Kier molecular flexibility index (Phi) is 8.05. The quantitative estimate of drug-likeness (QED) is 0.486. The first kappa shape index (κ1) is 18.0. The van der Waals surface area contributed by atoms with Crippen LogP contribution in [0.2, 0.25) is 0 Å². The minimum atomic E-state index is -0.632. The molecule has 0 unspecified atom stereocenters. The van der Waals surface area contributed by atoms with E-state index in [4.69, 9.17) is 0 Å². The molecule has 0 aromatic heterocycles. The van der Waals surface area contributed by atoms with Crippen LogP contribution >= 0.6 is 0 Å². The average Bonchev–Trinajstić information content (AvgIpc) is 2.40. The maximum absolute atomic E-state index is 11.6. The summed E-state index contributed by atoms with van der Waals surface area (Å²) in [7, 11) is 0. The van der Waals surface area contributed by atoms with E-state index in [1.165, 1.54) is 18.3 Å². The topological polar surface area (TPSA) is 98.1 Å². The molecule has 0 saturated heterocycles. The Hall–Kier alpha value is -2.04. The van der Waals surface area contributed by atoms with E-state index in [1.807, 2.05) is 30.3 Å². The molecule has 0 radical (unpaired) electrons. The van der Waals surface area contributed by atoms with E-state index in [9.17, 15) is 9.90 Å². The maximum Gasteiger partial charge on any atom is 2.00 e. The van der Waals surface area contributed by atoms with Crippen LogP contribution < -0.4 is 5.11 Å². The van der Waals surface area contributed by atoms with Crippen molar-refractivity contribution in [3.05, 3.63) is 71.1 Å². The molecule has 20 heavy (non-hydrogen) atoms. The normalized spacial score (nSPS) is 9.40. The summed E-state index contributed by atoms with van der Waals surface area (Å²) in [6.07, 6.45) is 1.46. The van der Waals surface area contributed by atoms with Crippen molar-refractivity contribution >= 4 is 12.1 Å². The maximum atomic E-state index is 11.6. The van der Waals surface area contributed by atoms with Gasteiger partial charge in [0.25, 0.3) is 0 Å². The largest absolute Gasteiger partial charge is 2.00 e. The van der Waals surface area contributed by atoms with Crippen molar-refractivity contribution < 1.29 is 34.9 Å². The van der Waals surface area contributed by atoms with Gasteiger partial charge in [0.2, 0.25) is 0 Å². The molecule has 6 heteroatoms. The Morgan fingerprint density at radius 2 is 1.65 bits per heavy atom. The van der Waals surface area contributed by atoms with Gasteiger partial charge < -0.3 is 25.9 Å². The molecule has 0 bridgehead atoms. The van der Waals surface area contributed by atoms with Gasteiger partial charge in [-0.1, -0.05) is 60.3 Å². The third-order valence-electron chi connectivity index (χ3n) is 2.27. The van der Waals surface area contributed by atoms with Gasteiger partial charge in [-0.25, -0.2) is 0 Å². The van der Waals surface area contributed by atoms with Gasteiger partial charge in [-0.05, 0) is 11.1 Å². The van der Waals surface area contributed by atoms with Crippen LogP contribution in [0.15, 0.2) is 59.7 Å². The molecule has 0 spiro atoms. The van der Waals surface area contributed by atoms with Crippen molar-refractivity contribution in [1.82, 2.24) is 0 Å². The smallest absolute Gasteiger partial charge is 0.872 e. The van der Waals surface area contributed by atoms with Crippen LogP contribution in [0.25, 0.3) is 5.43 Å². The van der Waals surface area contributed by atoms with Gasteiger partial charge in [-0.2, -0.15) is 0 Å². The summed E-state index contributed by atoms with van der Waals surface area (Å²) >= 11 is 0. The van der Waals surface area contributed by atoms with Crippen LogP contribution in [0.1, 0.15) is 15.9 Å². The Bertz CT molecular complexity index is 574. The van der Waals surface area contributed by atoms with E-state index in [-0.39, 0.29) is 36.3 Å². The van der Waals surface area contributed by atoms with Crippen molar-refractivity contribution in [1.29, 1.82) is 0 Å². The molecule has 2 aromatic carbocycles. The fraction of sp³-hybridized carbons (Fsp3) is 0. The van der Waals surface area contributed by atoms with Gasteiger partial charge in [0.05, 0.1) is 5.91 Å². The number of para-hydroxylation sites is 1. The number of hydrogen-bond acceptors (Lipinski definition) is 3. The molecule has 0 aliphatic rings. The van der Waals surface area contributed by atoms with Crippen LogP contribution in [-0.2, 0) is 19.5 Å². The van der Waals surface area contributed by atoms with Gasteiger partial charge in [0.1, 0.15) is 0 Å². The van der Waals surface area contributed by atoms with Crippen molar-refractivity contribution in [3.8, 4) is 5.75 Å². The SMILES string of the molecule is O.O=C([N-]/N=C/c1ccccc1)c1ccccc1[O-].[Zn+2]. The fourth-order valence-corrected chi connectivity index (χ4v) is 1.38. The molecule has 98 valence electrons. The summed E-state index contributed by atoms with van der Waals surface area (Å²) in [5.41, 5.74) is 4.35. The second-order valence-corrected chi connectivity index (χ2v) is 3.56. The number of amides is 1. The van der Waals surface area contributed by atoms with Gasteiger partial charge in [0, 0.05) is 6.21 Å². The minimum absolute atomic E-state index is 0. The molecule has 2 aromatic rings. The second kappa shape index (κ2) is 8.96. The number of rotatable bonds is 3. The average molecular weight is 322 g/mol. The van der Waals surface area contributed by atoms with Gasteiger partial charge >= 0.3 is 19.5 Å². The first-order valence-electron chi connectivity index (χ1n) is 5.37. The number of hydrogen-bond donors (Lipinski definition) is 0. The van der Waals surface area contributed by atoms with Crippen LogP contribution in [0.4, 0.5) is 0 Å². The van der Waals surface area contributed by atoms with Crippen LogP contribution in [0.3, 0.4) is 0 Å². The van der Waals surface area contributed by atoms with Crippen LogP contribution in [0.5, 0.6) is 5.75 Å². The number of carbonyl (C=O) groups excluding carboxylic acids is 1. The van der Waals surface area contributed by atoms with Crippen molar-refractivity contribution in [3.63, 3.8) is 0 Å². The fourth-order valence-electron chi connectivity index (χ4n) is 1.38. The Balaban J connectivity index is 0.00000180. The number of benzene rings is 2. The zero-order chi connectivity index (χ0) is 12.8. The molecule has 2 N–H and O–H groups in total. The molecule has 1 amide bonds. The predicted octanol–water partition coefficient (Wildman–Crippen LogP) is 1.48. The molecular weight excluding hydrogens is 310 g/mol. The summed E-state index contributed by atoms with van der Waals surface area (Å²) in [5.74, 6) is -0.978. The Morgan fingerprint density at radius 3 is 2.30 bits per heavy atom. The molecule has 0 aliphatic carbocycles. The van der Waals surface area contributed by atoms with E-state index in [2.05, 4.69) is 10.5 Å². The molecule has 5 nitrogen and oxygen atoms in total. The van der Waals surface area contributed by atoms with Crippen molar-refractivity contribution in [2.45, 2.75) is 0 Å². The molecule has 2 rings (SSSR count). The van der Waals surface area contributed by atoms with Crippen LogP contribution in [0, 0.1) is 0 Å². The zero-order valence-corrected chi connectivity index (χ0v) is 13.7. The molecule has 0 saturated carbocycles.